The van der Waals surface area contributed by atoms with Crippen LogP contribution >= 0.6 is 0 Å². The molecule has 3 aliphatic rings. The van der Waals surface area contributed by atoms with E-state index < -0.39 is 30.0 Å². The highest BCUT2D eigenvalue weighted by molar-refractivity contribution is 6.35. The summed E-state index contributed by atoms with van der Waals surface area (Å²) in [5.41, 5.74) is 0.0156. The van der Waals surface area contributed by atoms with Gasteiger partial charge in [-0.15, -0.1) is 0 Å². The van der Waals surface area contributed by atoms with Gasteiger partial charge in [0.25, 0.3) is 0 Å². The molecule has 0 aliphatic carbocycles. The highest BCUT2D eigenvalue weighted by Crippen LogP contribution is 2.38. The summed E-state index contributed by atoms with van der Waals surface area (Å²) in [4.78, 5) is 26.3. The summed E-state index contributed by atoms with van der Waals surface area (Å²) in [6.07, 6.45) is -0.0830. The van der Waals surface area contributed by atoms with Crippen LogP contribution in [0.25, 0.3) is 0 Å². The number of piperidine rings is 1. The van der Waals surface area contributed by atoms with Crippen LogP contribution < -0.4 is 10.6 Å². The number of nitrogens with zero attached hydrogens (tertiary/aromatic N) is 1. The third kappa shape index (κ3) is 4.27. The number of hydrogen-bond acceptors (Lipinski definition) is 7. The molecule has 3 heterocycles. The van der Waals surface area contributed by atoms with Crippen LogP contribution in [0.2, 0.25) is 0 Å². The number of carbonyl (C=O) groups excluding carboxylic acids is 2. The molecule has 3 fully saturated rings. The topological polar surface area (TPSA) is 98.4 Å². The molecule has 3 aliphatic heterocycles. The maximum atomic E-state index is 12.4. The van der Waals surface area contributed by atoms with E-state index in [4.69, 9.17) is 18.9 Å². The number of hydrogen-bond donors (Lipinski definition) is 2. The van der Waals surface area contributed by atoms with E-state index in [9.17, 15) is 9.59 Å². The number of rotatable bonds is 4. The zero-order valence-corrected chi connectivity index (χ0v) is 16.7. The normalized spacial score (nSPS) is 34.3. The molecule has 0 bridgehead atoms. The van der Waals surface area contributed by atoms with E-state index in [2.05, 4.69) is 17.6 Å². The summed E-state index contributed by atoms with van der Waals surface area (Å²) < 4.78 is 22.8. The van der Waals surface area contributed by atoms with Crippen molar-refractivity contribution in [3.05, 3.63) is 0 Å². The molecule has 0 saturated carbocycles. The summed E-state index contributed by atoms with van der Waals surface area (Å²) in [5.74, 6) is -1.86. The van der Waals surface area contributed by atoms with Crippen molar-refractivity contribution in [3.8, 4) is 0 Å². The summed E-state index contributed by atoms with van der Waals surface area (Å²) in [5, 5.41) is 5.96. The molecule has 0 aromatic rings. The van der Waals surface area contributed by atoms with E-state index in [1.165, 1.54) is 7.11 Å². The predicted octanol–water partition coefficient (Wildman–Crippen LogP) is -0.405. The third-order valence-electron chi connectivity index (χ3n) is 5.76. The Morgan fingerprint density at radius 2 is 1.78 bits per heavy atom. The van der Waals surface area contributed by atoms with Crippen molar-refractivity contribution in [2.45, 2.75) is 69.5 Å². The van der Waals surface area contributed by atoms with Crippen LogP contribution in [-0.2, 0) is 28.5 Å². The summed E-state index contributed by atoms with van der Waals surface area (Å²) in [7, 11) is 3.46. The minimum Gasteiger partial charge on any atom is -0.353 e. The van der Waals surface area contributed by atoms with Gasteiger partial charge in [-0.2, -0.15) is 0 Å². The van der Waals surface area contributed by atoms with E-state index in [0.717, 1.165) is 12.8 Å². The molecule has 3 rings (SSSR count). The van der Waals surface area contributed by atoms with Crippen LogP contribution in [0.1, 0.15) is 33.6 Å². The first-order valence-corrected chi connectivity index (χ1v) is 9.48. The zero-order valence-electron chi connectivity index (χ0n) is 16.7. The second-order valence-corrected chi connectivity index (χ2v) is 8.16. The van der Waals surface area contributed by atoms with Gasteiger partial charge in [-0.05, 0) is 40.7 Å². The Hall–Kier alpha value is -1.26. The number of nitrogens with one attached hydrogen (secondary N) is 2. The van der Waals surface area contributed by atoms with Gasteiger partial charge < -0.3 is 34.5 Å². The molecule has 9 heteroatoms. The number of carbonyl (C=O) groups is 2. The highest BCUT2D eigenvalue weighted by Gasteiger charge is 2.55. The molecule has 2 N–H and O–H groups in total. The fourth-order valence-corrected chi connectivity index (χ4v) is 3.86. The van der Waals surface area contributed by atoms with E-state index in [1.54, 1.807) is 4.90 Å². The SMILES string of the molecule is CNC1(C)CCN(C(=O)C(=O)NCC2O[C@@H](OC)[C@@H]3OC(C)(C)O[C@H]23)CC1. The summed E-state index contributed by atoms with van der Waals surface area (Å²) in [6, 6.07) is 0. The molecule has 0 spiro atoms. The fraction of sp³-hybridized carbons (Fsp3) is 0.889. The predicted molar refractivity (Wildman–Crippen MR) is 95.8 cm³/mol. The van der Waals surface area contributed by atoms with Crippen molar-refractivity contribution in [1.29, 1.82) is 0 Å². The fourth-order valence-electron chi connectivity index (χ4n) is 3.86. The first-order valence-electron chi connectivity index (χ1n) is 9.48. The zero-order chi connectivity index (χ0) is 19.8. The van der Waals surface area contributed by atoms with E-state index in [-0.39, 0.29) is 24.3 Å². The molecular weight excluding hydrogens is 354 g/mol. The minimum atomic E-state index is -0.734. The molecule has 1 unspecified atom stereocenters. The lowest BCUT2D eigenvalue weighted by Crippen LogP contribution is -2.54. The molecule has 154 valence electrons. The second kappa shape index (κ2) is 7.63. The van der Waals surface area contributed by atoms with Crippen molar-refractivity contribution in [3.63, 3.8) is 0 Å². The van der Waals surface area contributed by atoms with E-state index in [1.807, 2.05) is 20.9 Å². The van der Waals surface area contributed by atoms with Crippen molar-refractivity contribution in [2.24, 2.45) is 0 Å². The van der Waals surface area contributed by atoms with Crippen molar-refractivity contribution in [1.82, 2.24) is 15.5 Å². The van der Waals surface area contributed by atoms with E-state index >= 15 is 0 Å². The van der Waals surface area contributed by atoms with Gasteiger partial charge in [0.2, 0.25) is 0 Å². The average molecular weight is 385 g/mol. The van der Waals surface area contributed by atoms with E-state index in [0.29, 0.717) is 13.1 Å². The van der Waals surface area contributed by atoms with Crippen LogP contribution in [-0.4, -0.2) is 86.4 Å². The molecule has 2 amide bonds. The second-order valence-electron chi connectivity index (χ2n) is 8.16. The molecule has 3 saturated heterocycles. The standard InChI is InChI=1S/C18H31N3O6/c1-17(2)26-12-11(25-16(24-5)13(12)27-17)10-20-14(22)15(23)21-8-6-18(3,19-4)7-9-21/h11-13,16,19H,6-10H2,1-5H3,(H,20,22)/t11?,12-,13-,16-/m1/s1. The van der Waals surface area contributed by atoms with Gasteiger partial charge in [0.1, 0.15) is 18.3 Å². The number of ether oxygens (including phenoxy) is 4. The number of methoxy groups -OCH3 is 1. The number of likely N-dealkylation sites (tertiary alicyclic amines) is 1. The molecule has 0 aromatic heterocycles. The van der Waals surface area contributed by atoms with Gasteiger partial charge in [-0.25, -0.2) is 0 Å². The van der Waals surface area contributed by atoms with Crippen molar-refractivity contribution >= 4 is 11.8 Å². The Bertz CT molecular complexity index is 575. The number of fused-ring (bicyclic) bond motifs is 1. The van der Waals surface area contributed by atoms with Gasteiger partial charge in [0, 0.05) is 32.3 Å². The lowest BCUT2D eigenvalue weighted by Gasteiger charge is -2.39. The monoisotopic (exact) mass is 385 g/mol. The van der Waals surface area contributed by atoms with Gasteiger partial charge >= 0.3 is 11.8 Å². The van der Waals surface area contributed by atoms with Gasteiger partial charge in [-0.3, -0.25) is 9.59 Å². The first-order chi connectivity index (χ1) is 12.7. The smallest absolute Gasteiger partial charge is 0.311 e. The highest BCUT2D eigenvalue weighted by atomic mass is 16.8. The Labute approximate surface area is 160 Å². The average Bonchev–Trinajstić information content (AvgIpc) is 3.12. The Kier molecular flexibility index (Phi) is 5.79. The lowest BCUT2D eigenvalue weighted by molar-refractivity contribution is -0.226. The third-order valence-corrected chi connectivity index (χ3v) is 5.76. The Balaban J connectivity index is 1.51. The largest absolute Gasteiger partial charge is 0.353 e. The summed E-state index contributed by atoms with van der Waals surface area (Å²) in [6.45, 7) is 7.06. The molecule has 0 aromatic carbocycles. The summed E-state index contributed by atoms with van der Waals surface area (Å²) >= 11 is 0. The van der Waals surface area contributed by atoms with Crippen molar-refractivity contribution < 1.29 is 28.5 Å². The maximum Gasteiger partial charge on any atom is 0.311 e. The Morgan fingerprint density at radius 3 is 2.37 bits per heavy atom. The maximum absolute atomic E-state index is 12.4. The number of amides is 2. The van der Waals surface area contributed by atoms with Crippen LogP contribution in [0.15, 0.2) is 0 Å². The molecule has 9 nitrogen and oxygen atoms in total. The molecule has 4 atom stereocenters. The molecule has 0 radical (unpaired) electrons. The van der Waals surface area contributed by atoms with Crippen LogP contribution in [0.4, 0.5) is 0 Å². The molecule has 27 heavy (non-hydrogen) atoms. The van der Waals surface area contributed by atoms with Crippen LogP contribution in [0.3, 0.4) is 0 Å². The minimum absolute atomic E-state index is 0.0156. The van der Waals surface area contributed by atoms with Gasteiger partial charge in [0.15, 0.2) is 12.1 Å². The Morgan fingerprint density at radius 1 is 1.15 bits per heavy atom. The molecular formula is C18H31N3O6. The lowest BCUT2D eigenvalue weighted by atomic mass is 9.90. The quantitative estimate of drug-likeness (QED) is 0.635. The van der Waals surface area contributed by atoms with Gasteiger partial charge in [0.05, 0.1) is 0 Å². The van der Waals surface area contributed by atoms with Gasteiger partial charge in [-0.1, -0.05) is 0 Å². The first kappa shape index (κ1) is 20.5. The van der Waals surface area contributed by atoms with Crippen molar-refractivity contribution in [2.75, 3.05) is 33.8 Å². The van der Waals surface area contributed by atoms with Crippen LogP contribution in [0.5, 0.6) is 0 Å². The van der Waals surface area contributed by atoms with Crippen LogP contribution in [0, 0.1) is 0 Å².